The van der Waals surface area contributed by atoms with Gasteiger partial charge in [0, 0.05) is 6.07 Å². The molecule has 0 bridgehead atoms. The third-order valence-corrected chi connectivity index (χ3v) is 2.14. The largest absolute Gasteiger partial charge is 0.573 e. The van der Waals surface area contributed by atoms with Crippen molar-refractivity contribution in [2.75, 3.05) is 7.11 Å². The maximum Gasteiger partial charge on any atom is 0.573 e. The minimum Gasteiger partial charge on any atom is -0.481 e. The second kappa shape index (κ2) is 5.03. The molecular weight excluding hydrogens is 317 g/mol. The molecule has 0 spiro atoms. The van der Waals surface area contributed by atoms with Crippen LogP contribution in [0.3, 0.4) is 0 Å². The Kier molecular flexibility index (Phi) is 4.12. The smallest absolute Gasteiger partial charge is 0.481 e. The standard InChI is InChI=1S/C8H5BrF5NO2/c1-16-4-2-3(7(10)11)5(6(9)15-4)17-8(12,13)14/h2,7H,1H3. The molecule has 0 aliphatic rings. The highest BCUT2D eigenvalue weighted by Gasteiger charge is 2.35. The molecule has 1 heterocycles. The lowest BCUT2D eigenvalue weighted by Crippen LogP contribution is -2.19. The molecule has 96 valence electrons. The van der Waals surface area contributed by atoms with Gasteiger partial charge in [0.25, 0.3) is 6.43 Å². The van der Waals surface area contributed by atoms with Crippen LogP contribution in [0.4, 0.5) is 22.0 Å². The van der Waals surface area contributed by atoms with E-state index in [1.165, 1.54) is 0 Å². The van der Waals surface area contributed by atoms with E-state index in [2.05, 4.69) is 30.4 Å². The number of alkyl halides is 5. The Bertz CT molecular complexity index is 410. The van der Waals surface area contributed by atoms with Crippen LogP contribution in [0.15, 0.2) is 10.7 Å². The monoisotopic (exact) mass is 321 g/mol. The average Bonchev–Trinajstić information content (AvgIpc) is 2.18. The first-order valence-corrected chi connectivity index (χ1v) is 4.82. The number of hydrogen-bond donors (Lipinski definition) is 0. The fourth-order valence-corrected chi connectivity index (χ4v) is 1.47. The number of rotatable bonds is 3. The van der Waals surface area contributed by atoms with Crippen molar-refractivity contribution in [2.45, 2.75) is 12.8 Å². The quantitative estimate of drug-likeness (QED) is 0.628. The van der Waals surface area contributed by atoms with Crippen LogP contribution in [0.5, 0.6) is 11.6 Å². The lowest BCUT2D eigenvalue weighted by molar-refractivity contribution is -0.275. The van der Waals surface area contributed by atoms with Gasteiger partial charge in [0.15, 0.2) is 10.4 Å². The predicted molar refractivity (Wildman–Crippen MR) is 50.1 cm³/mol. The van der Waals surface area contributed by atoms with Crippen molar-refractivity contribution in [2.24, 2.45) is 0 Å². The minimum absolute atomic E-state index is 0.248. The van der Waals surface area contributed by atoms with E-state index in [1.807, 2.05) is 0 Å². The summed E-state index contributed by atoms with van der Waals surface area (Å²) >= 11 is 2.61. The summed E-state index contributed by atoms with van der Waals surface area (Å²) in [5.41, 5.74) is -0.957. The van der Waals surface area contributed by atoms with Crippen LogP contribution in [0.1, 0.15) is 12.0 Å². The average molecular weight is 322 g/mol. The Morgan fingerprint density at radius 3 is 2.35 bits per heavy atom. The number of pyridine rings is 1. The molecule has 0 aliphatic carbocycles. The highest BCUT2D eigenvalue weighted by atomic mass is 79.9. The van der Waals surface area contributed by atoms with Crippen molar-refractivity contribution >= 4 is 15.9 Å². The Balaban J connectivity index is 3.27. The Morgan fingerprint density at radius 1 is 1.35 bits per heavy atom. The molecule has 0 fully saturated rings. The first-order chi connectivity index (χ1) is 7.74. The number of methoxy groups -OCH3 is 1. The maximum absolute atomic E-state index is 12.5. The Morgan fingerprint density at radius 2 is 1.94 bits per heavy atom. The lowest BCUT2D eigenvalue weighted by atomic mass is 10.2. The van der Waals surface area contributed by atoms with Crippen LogP contribution in [-0.4, -0.2) is 18.5 Å². The summed E-state index contributed by atoms with van der Waals surface area (Å²) in [5.74, 6) is -1.32. The summed E-state index contributed by atoms with van der Waals surface area (Å²) in [6.45, 7) is 0. The van der Waals surface area contributed by atoms with Crippen molar-refractivity contribution in [3.63, 3.8) is 0 Å². The molecule has 0 atom stereocenters. The second-order valence-corrected chi connectivity index (χ2v) is 3.47. The molecule has 0 N–H and O–H groups in total. The maximum atomic E-state index is 12.5. The van der Waals surface area contributed by atoms with Crippen LogP contribution in [0, 0.1) is 0 Å². The molecule has 0 unspecified atom stereocenters. The fraction of sp³-hybridized carbons (Fsp3) is 0.375. The van der Waals surface area contributed by atoms with E-state index in [9.17, 15) is 22.0 Å². The van der Waals surface area contributed by atoms with Gasteiger partial charge in [-0.25, -0.2) is 13.8 Å². The number of hydrogen-bond acceptors (Lipinski definition) is 3. The first kappa shape index (κ1) is 13.9. The van der Waals surface area contributed by atoms with E-state index in [-0.39, 0.29) is 5.88 Å². The SMILES string of the molecule is COc1cc(C(F)F)c(OC(F)(F)F)c(Br)n1. The van der Waals surface area contributed by atoms with E-state index in [0.717, 1.165) is 7.11 Å². The Hall–Kier alpha value is -1.12. The van der Waals surface area contributed by atoms with E-state index in [0.29, 0.717) is 6.07 Å². The van der Waals surface area contributed by atoms with Crippen LogP contribution >= 0.6 is 15.9 Å². The zero-order valence-electron chi connectivity index (χ0n) is 8.19. The molecule has 0 saturated heterocycles. The van der Waals surface area contributed by atoms with Gasteiger partial charge in [0.1, 0.15) is 0 Å². The third-order valence-electron chi connectivity index (χ3n) is 1.60. The second-order valence-electron chi connectivity index (χ2n) is 2.72. The van der Waals surface area contributed by atoms with Crippen LogP contribution in [0.25, 0.3) is 0 Å². The summed E-state index contributed by atoms with van der Waals surface area (Å²) in [7, 11) is 1.15. The summed E-state index contributed by atoms with van der Waals surface area (Å²) < 4.78 is 68.6. The number of ether oxygens (including phenoxy) is 2. The highest BCUT2D eigenvalue weighted by molar-refractivity contribution is 9.10. The van der Waals surface area contributed by atoms with Crippen molar-refractivity contribution in [1.82, 2.24) is 4.98 Å². The van der Waals surface area contributed by atoms with Gasteiger partial charge in [-0.1, -0.05) is 0 Å². The van der Waals surface area contributed by atoms with Crippen LogP contribution < -0.4 is 9.47 Å². The molecule has 9 heteroatoms. The third kappa shape index (κ3) is 3.69. The summed E-state index contributed by atoms with van der Waals surface area (Å²) in [6.07, 6.45) is -8.23. The lowest BCUT2D eigenvalue weighted by Gasteiger charge is -2.14. The normalized spacial score (nSPS) is 11.8. The molecule has 1 aromatic heterocycles. The Labute approximate surface area is 101 Å². The number of nitrogens with zero attached hydrogens (tertiary/aromatic N) is 1. The molecule has 0 radical (unpaired) electrons. The van der Waals surface area contributed by atoms with Crippen molar-refractivity contribution in [1.29, 1.82) is 0 Å². The van der Waals surface area contributed by atoms with Gasteiger partial charge in [-0.2, -0.15) is 0 Å². The summed E-state index contributed by atoms with van der Waals surface area (Å²) in [6, 6.07) is 0.677. The van der Waals surface area contributed by atoms with Gasteiger partial charge in [-0.15, -0.1) is 13.2 Å². The van der Waals surface area contributed by atoms with Gasteiger partial charge in [-0.3, -0.25) is 0 Å². The zero-order valence-corrected chi connectivity index (χ0v) is 9.77. The van der Waals surface area contributed by atoms with Gasteiger partial charge in [0.2, 0.25) is 5.88 Å². The number of aromatic nitrogens is 1. The summed E-state index contributed by atoms with van der Waals surface area (Å²) in [4.78, 5) is 3.45. The molecular formula is C8H5BrF5NO2. The molecule has 1 aromatic rings. The van der Waals surface area contributed by atoms with Crippen LogP contribution in [-0.2, 0) is 0 Å². The first-order valence-electron chi connectivity index (χ1n) is 4.03. The van der Waals surface area contributed by atoms with E-state index >= 15 is 0 Å². The molecule has 0 aliphatic heterocycles. The fourth-order valence-electron chi connectivity index (χ4n) is 0.981. The van der Waals surface area contributed by atoms with Crippen LogP contribution in [0.2, 0.25) is 0 Å². The van der Waals surface area contributed by atoms with Gasteiger partial charge < -0.3 is 9.47 Å². The number of halogens is 6. The summed E-state index contributed by atoms with van der Waals surface area (Å²) in [5, 5.41) is 0. The minimum atomic E-state index is -5.08. The van der Waals surface area contributed by atoms with E-state index in [1.54, 1.807) is 0 Å². The zero-order chi connectivity index (χ0) is 13.2. The predicted octanol–water partition coefficient (Wildman–Crippen LogP) is 3.69. The van der Waals surface area contributed by atoms with Gasteiger partial charge >= 0.3 is 6.36 Å². The topological polar surface area (TPSA) is 31.4 Å². The molecule has 0 aromatic carbocycles. The molecule has 17 heavy (non-hydrogen) atoms. The molecule has 3 nitrogen and oxygen atoms in total. The van der Waals surface area contributed by atoms with Crippen molar-refractivity contribution in [3.8, 4) is 11.6 Å². The van der Waals surface area contributed by atoms with E-state index < -0.39 is 28.7 Å². The van der Waals surface area contributed by atoms with Crippen molar-refractivity contribution < 1.29 is 31.4 Å². The van der Waals surface area contributed by atoms with Gasteiger partial charge in [0.05, 0.1) is 12.7 Å². The van der Waals surface area contributed by atoms with Crippen molar-refractivity contribution in [3.05, 3.63) is 16.2 Å². The highest BCUT2D eigenvalue weighted by Crippen LogP contribution is 2.39. The molecule has 1 rings (SSSR count). The molecule has 0 amide bonds. The van der Waals surface area contributed by atoms with Gasteiger partial charge in [-0.05, 0) is 15.9 Å². The van der Waals surface area contributed by atoms with E-state index in [4.69, 9.17) is 0 Å². The molecule has 0 saturated carbocycles.